The lowest BCUT2D eigenvalue weighted by atomic mass is 10.4. The van der Waals surface area contributed by atoms with Crippen LogP contribution in [0.5, 0.6) is 0 Å². The summed E-state index contributed by atoms with van der Waals surface area (Å²) in [6, 6.07) is 0. The van der Waals surface area contributed by atoms with E-state index in [1.165, 1.54) is 0 Å². The summed E-state index contributed by atoms with van der Waals surface area (Å²) in [6.45, 7) is 0. The molecule has 1 unspecified atom stereocenters. The fourth-order valence-electron chi connectivity index (χ4n) is 0.525. The highest BCUT2D eigenvalue weighted by atomic mass is 16.5. The van der Waals surface area contributed by atoms with Gasteiger partial charge in [0.15, 0.2) is 5.88 Å². The summed E-state index contributed by atoms with van der Waals surface area (Å²) in [5, 5.41) is 2.87. The van der Waals surface area contributed by atoms with Crippen LogP contribution in [0.4, 0.5) is 0 Å². The summed E-state index contributed by atoms with van der Waals surface area (Å²) in [5.74, 6) is 0.264. The Hall–Kier alpha value is -1.32. The summed E-state index contributed by atoms with van der Waals surface area (Å²) < 4.78 is 4.77. The first kappa shape index (κ1) is 5.81. The molecule has 47 valence electrons. The van der Waals surface area contributed by atoms with E-state index in [2.05, 4.69) is 5.11 Å². The van der Waals surface area contributed by atoms with E-state index >= 15 is 0 Å². The van der Waals surface area contributed by atoms with Crippen molar-refractivity contribution in [1.29, 1.82) is 0 Å². The van der Waals surface area contributed by atoms with Gasteiger partial charge in [0.1, 0.15) is 0 Å². The number of nitrogens with two attached hydrogens (primary N) is 1. The average molecular weight is 124 g/mol. The van der Waals surface area contributed by atoms with Crippen LogP contribution >= 0.6 is 0 Å². The second-order valence-electron chi connectivity index (χ2n) is 1.58. The highest BCUT2D eigenvalue weighted by Gasteiger charge is 2.05. The minimum Gasteiger partial charge on any atom is -0.449 e. The molecule has 0 aromatic rings. The molecule has 1 rings (SSSR count). The molecule has 0 saturated heterocycles. The third kappa shape index (κ3) is 1.28. The normalized spacial score (nSPS) is 24.4. The second kappa shape index (κ2) is 2.30. The SMILES string of the molecule is [N]=NC1C=CC=C(N)O1. The zero-order valence-corrected chi connectivity index (χ0v) is 4.69. The van der Waals surface area contributed by atoms with Crippen molar-refractivity contribution in [3.63, 3.8) is 0 Å². The van der Waals surface area contributed by atoms with E-state index in [1.54, 1.807) is 18.2 Å². The van der Waals surface area contributed by atoms with Gasteiger partial charge in [-0.1, -0.05) is 6.08 Å². The number of ether oxygens (including phenoxy) is 1. The Morgan fingerprint density at radius 3 is 3.00 bits per heavy atom. The highest BCUT2D eigenvalue weighted by molar-refractivity contribution is 5.11. The van der Waals surface area contributed by atoms with Crippen LogP contribution < -0.4 is 11.3 Å². The van der Waals surface area contributed by atoms with Crippen LogP contribution in [-0.2, 0) is 4.74 Å². The van der Waals surface area contributed by atoms with Crippen molar-refractivity contribution in [2.45, 2.75) is 6.23 Å². The Morgan fingerprint density at radius 1 is 1.78 bits per heavy atom. The molecular formula is C5H6N3O. The Morgan fingerprint density at radius 2 is 2.56 bits per heavy atom. The summed E-state index contributed by atoms with van der Waals surface area (Å²) >= 11 is 0. The minimum atomic E-state index is -0.630. The van der Waals surface area contributed by atoms with Crippen molar-refractivity contribution >= 4 is 0 Å². The maximum atomic E-state index is 8.17. The molecule has 0 aliphatic carbocycles. The molecule has 0 bridgehead atoms. The lowest BCUT2D eigenvalue weighted by molar-refractivity contribution is 0.150. The molecule has 0 aromatic carbocycles. The van der Waals surface area contributed by atoms with E-state index in [9.17, 15) is 0 Å². The molecule has 0 fully saturated rings. The largest absolute Gasteiger partial charge is 0.449 e. The lowest BCUT2D eigenvalue weighted by Crippen LogP contribution is -2.14. The van der Waals surface area contributed by atoms with Crippen molar-refractivity contribution in [3.8, 4) is 0 Å². The quantitative estimate of drug-likeness (QED) is 0.498. The van der Waals surface area contributed by atoms with Crippen LogP contribution in [-0.4, -0.2) is 6.23 Å². The van der Waals surface area contributed by atoms with Crippen molar-refractivity contribution in [3.05, 3.63) is 24.1 Å². The Bertz CT molecular complexity index is 173. The van der Waals surface area contributed by atoms with E-state index in [4.69, 9.17) is 16.0 Å². The monoisotopic (exact) mass is 124 g/mol. The van der Waals surface area contributed by atoms with Crippen LogP contribution in [0.3, 0.4) is 0 Å². The predicted octanol–water partition coefficient (Wildman–Crippen LogP) is -0.0487. The molecule has 0 amide bonds. The zero-order chi connectivity index (χ0) is 6.69. The van der Waals surface area contributed by atoms with E-state index < -0.39 is 6.23 Å². The highest BCUT2D eigenvalue weighted by Crippen LogP contribution is 2.05. The molecule has 9 heavy (non-hydrogen) atoms. The molecule has 0 aromatic heterocycles. The molecule has 4 nitrogen and oxygen atoms in total. The topological polar surface area (TPSA) is 69.9 Å². The predicted molar refractivity (Wildman–Crippen MR) is 30.8 cm³/mol. The fourth-order valence-corrected chi connectivity index (χ4v) is 0.525. The van der Waals surface area contributed by atoms with Gasteiger partial charge in [-0.25, -0.2) is 0 Å². The molecule has 1 radical (unpaired) electrons. The molecule has 1 aliphatic heterocycles. The second-order valence-corrected chi connectivity index (χ2v) is 1.58. The van der Waals surface area contributed by atoms with Gasteiger partial charge in [0.2, 0.25) is 6.23 Å². The van der Waals surface area contributed by atoms with Crippen molar-refractivity contribution in [2.75, 3.05) is 0 Å². The van der Waals surface area contributed by atoms with Crippen molar-refractivity contribution < 1.29 is 4.74 Å². The molecule has 1 aliphatic rings. The van der Waals surface area contributed by atoms with Gasteiger partial charge in [0, 0.05) is 0 Å². The van der Waals surface area contributed by atoms with E-state index in [0.717, 1.165) is 0 Å². The third-order valence-corrected chi connectivity index (χ3v) is 0.907. The zero-order valence-electron chi connectivity index (χ0n) is 4.69. The van der Waals surface area contributed by atoms with Gasteiger partial charge in [0.05, 0.1) is 0 Å². The molecule has 4 heteroatoms. The maximum Gasteiger partial charge on any atom is 0.231 e. The average Bonchev–Trinajstić information content (AvgIpc) is 1.88. The van der Waals surface area contributed by atoms with Crippen LogP contribution in [0.1, 0.15) is 0 Å². The van der Waals surface area contributed by atoms with Gasteiger partial charge in [0.25, 0.3) is 0 Å². The van der Waals surface area contributed by atoms with Gasteiger partial charge in [-0.05, 0) is 17.7 Å². The van der Waals surface area contributed by atoms with E-state index in [1.807, 2.05) is 0 Å². The molecule has 2 N–H and O–H groups in total. The Balaban J connectivity index is 2.61. The Kier molecular flexibility index (Phi) is 1.48. The number of hydrogen-bond donors (Lipinski definition) is 1. The summed E-state index contributed by atoms with van der Waals surface area (Å²) in [5.41, 5.74) is 13.4. The van der Waals surface area contributed by atoms with Gasteiger partial charge in [-0.2, -0.15) is 0 Å². The van der Waals surface area contributed by atoms with E-state index in [-0.39, 0.29) is 5.88 Å². The number of hydrogen-bond acceptors (Lipinski definition) is 3. The minimum absolute atomic E-state index is 0.264. The lowest BCUT2D eigenvalue weighted by Gasteiger charge is -2.11. The standard InChI is InChI=1S/C5H6N3O/c6-4-2-1-3-5(8-7)9-4/h1-3,5H,6H2. The first-order valence-electron chi connectivity index (χ1n) is 2.48. The van der Waals surface area contributed by atoms with Gasteiger partial charge < -0.3 is 10.5 Å². The van der Waals surface area contributed by atoms with Crippen LogP contribution in [0.15, 0.2) is 29.2 Å². The number of allylic oxidation sites excluding steroid dienone is 2. The Labute approximate surface area is 52.5 Å². The fraction of sp³-hybridized carbons (Fsp3) is 0.200. The third-order valence-electron chi connectivity index (χ3n) is 0.907. The summed E-state index contributed by atoms with van der Waals surface area (Å²) in [4.78, 5) is 0. The van der Waals surface area contributed by atoms with Crippen LogP contribution in [0.25, 0.3) is 0 Å². The summed E-state index contributed by atoms with van der Waals surface area (Å²) in [6.07, 6.45) is 4.20. The first-order chi connectivity index (χ1) is 4.33. The maximum absolute atomic E-state index is 8.17. The molecule has 0 spiro atoms. The smallest absolute Gasteiger partial charge is 0.231 e. The summed E-state index contributed by atoms with van der Waals surface area (Å²) in [7, 11) is 0. The molecule has 0 saturated carbocycles. The molecule has 1 heterocycles. The van der Waals surface area contributed by atoms with Gasteiger partial charge in [-0.3, -0.25) is 0 Å². The molecular weight excluding hydrogens is 118 g/mol. The van der Waals surface area contributed by atoms with Crippen LogP contribution in [0, 0.1) is 0 Å². The van der Waals surface area contributed by atoms with Gasteiger partial charge in [-0.15, -0.1) is 5.11 Å². The first-order valence-corrected chi connectivity index (χ1v) is 2.48. The van der Waals surface area contributed by atoms with Crippen LogP contribution in [0.2, 0.25) is 0 Å². The number of nitrogens with zero attached hydrogens (tertiary/aromatic N) is 2. The van der Waals surface area contributed by atoms with Crippen molar-refractivity contribution in [2.24, 2.45) is 10.8 Å². The van der Waals surface area contributed by atoms with Crippen molar-refractivity contribution in [1.82, 2.24) is 5.53 Å². The molecule has 1 atom stereocenters. The van der Waals surface area contributed by atoms with E-state index in [0.29, 0.717) is 0 Å². The van der Waals surface area contributed by atoms with Gasteiger partial charge >= 0.3 is 0 Å². The number of rotatable bonds is 1.